The van der Waals surface area contributed by atoms with Crippen LogP contribution in [0.25, 0.3) is 0 Å². The van der Waals surface area contributed by atoms with Gasteiger partial charge in [0.25, 0.3) is 0 Å². The van der Waals surface area contributed by atoms with Crippen LogP contribution < -0.4 is 32.5 Å². The lowest BCUT2D eigenvalue weighted by molar-refractivity contribution is -0.140. The number of thiol groups is 1. The molecule has 0 aromatic carbocycles. The van der Waals surface area contributed by atoms with Gasteiger partial charge in [0.2, 0.25) is 11.8 Å². The summed E-state index contributed by atoms with van der Waals surface area (Å²) in [5.74, 6) is -3.55. The zero-order valence-electron chi connectivity index (χ0n) is 17.0. The number of amides is 2. The van der Waals surface area contributed by atoms with Gasteiger partial charge < -0.3 is 31.9 Å². The minimum atomic E-state index is -1.21. The zero-order chi connectivity index (χ0) is 22.8. The van der Waals surface area contributed by atoms with E-state index < -0.39 is 42.4 Å². The van der Waals surface area contributed by atoms with E-state index in [1.165, 1.54) is 0 Å². The molecule has 0 saturated heterocycles. The Kier molecular flexibility index (Phi) is 16.7. The van der Waals surface area contributed by atoms with Gasteiger partial charge in [0.05, 0.1) is 0 Å². The Hall–Kier alpha value is -1.93. The van der Waals surface area contributed by atoms with Crippen molar-refractivity contribution in [3.8, 4) is 0 Å². The van der Waals surface area contributed by atoms with E-state index in [9.17, 15) is 24.3 Å². The van der Waals surface area contributed by atoms with Crippen LogP contribution in [0.3, 0.4) is 0 Å². The summed E-state index contributed by atoms with van der Waals surface area (Å²) in [7, 11) is 0. The first-order valence-electron chi connectivity index (χ1n) is 9.83. The van der Waals surface area contributed by atoms with E-state index in [4.69, 9.17) is 10.8 Å². The van der Waals surface area contributed by atoms with Gasteiger partial charge in [-0.2, -0.15) is 12.6 Å². The fourth-order valence-electron chi connectivity index (χ4n) is 2.29. The number of carbonyl (C=O) groups is 4. The summed E-state index contributed by atoms with van der Waals surface area (Å²) in [5, 5.41) is 25.6. The van der Waals surface area contributed by atoms with Crippen molar-refractivity contribution < 1.29 is 29.4 Å². The SMILES string of the molecule is NCCCNCCCCNNC(CCC(=O)NC(CS)C(=O)NCC(=O)O)C(=O)O. The Labute approximate surface area is 181 Å². The first-order chi connectivity index (χ1) is 14.3. The number of unbranched alkanes of at least 4 members (excludes halogenated alkanes) is 1. The van der Waals surface area contributed by atoms with Gasteiger partial charge in [-0.1, -0.05) is 0 Å². The van der Waals surface area contributed by atoms with Crippen LogP contribution in [0, 0.1) is 0 Å². The first kappa shape index (κ1) is 28.1. The minimum Gasteiger partial charge on any atom is -0.480 e. The van der Waals surface area contributed by atoms with E-state index in [1.807, 2.05) is 0 Å². The highest BCUT2D eigenvalue weighted by Gasteiger charge is 2.22. The van der Waals surface area contributed by atoms with E-state index >= 15 is 0 Å². The number of rotatable bonds is 19. The van der Waals surface area contributed by atoms with Gasteiger partial charge in [-0.3, -0.25) is 24.6 Å². The van der Waals surface area contributed by atoms with Crippen molar-refractivity contribution in [3.63, 3.8) is 0 Å². The predicted molar refractivity (Wildman–Crippen MR) is 114 cm³/mol. The van der Waals surface area contributed by atoms with Gasteiger partial charge in [0.1, 0.15) is 18.6 Å². The van der Waals surface area contributed by atoms with Crippen LogP contribution in [-0.4, -0.2) is 84.5 Å². The monoisotopic (exact) mass is 450 g/mol. The van der Waals surface area contributed by atoms with Gasteiger partial charge in [-0.15, -0.1) is 0 Å². The number of hydrogen-bond donors (Lipinski definition) is 9. The van der Waals surface area contributed by atoms with Gasteiger partial charge in [0, 0.05) is 18.7 Å². The molecule has 0 aliphatic rings. The molecular weight excluding hydrogens is 416 g/mol. The average Bonchev–Trinajstić information content (AvgIpc) is 2.70. The van der Waals surface area contributed by atoms with Crippen LogP contribution in [0.2, 0.25) is 0 Å². The van der Waals surface area contributed by atoms with Gasteiger partial charge in [-0.25, -0.2) is 5.43 Å². The number of carboxylic acid groups (broad SMARTS) is 2. The van der Waals surface area contributed by atoms with Crippen LogP contribution in [0.4, 0.5) is 0 Å². The lowest BCUT2D eigenvalue weighted by Gasteiger charge is -2.18. The lowest BCUT2D eigenvalue weighted by Crippen LogP contribution is -2.50. The fraction of sp³-hybridized carbons (Fsp3) is 0.765. The van der Waals surface area contributed by atoms with Crippen molar-refractivity contribution in [2.75, 3.05) is 38.5 Å². The third kappa shape index (κ3) is 15.0. The summed E-state index contributed by atoms with van der Waals surface area (Å²) < 4.78 is 0. The van der Waals surface area contributed by atoms with E-state index in [0.29, 0.717) is 13.1 Å². The van der Waals surface area contributed by atoms with Gasteiger partial charge in [-0.05, 0) is 45.3 Å². The van der Waals surface area contributed by atoms with E-state index in [-0.39, 0.29) is 18.6 Å². The molecule has 0 bridgehead atoms. The number of nitrogens with two attached hydrogens (primary N) is 1. The third-order valence-electron chi connectivity index (χ3n) is 3.95. The number of hydrogen-bond acceptors (Lipinski definition) is 9. The van der Waals surface area contributed by atoms with Crippen LogP contribution in [-0.2, 0) is 19.2 Å². The van der Waals surface area contributed by atoms with Crippen LogP contribution in [0.1, 0.15) is 32.1 Å². The average molecular weight is 451 g/mol. The van der Waals surface area contributed by atoms with E-state index in [0.717, 1.165) is 32.4 Å². The molecule has 0 radical (unpaired) electrons. The Morgan fingerprint density at radius 1 is 0.967 bits per heavy atom. The second kappa shape index (κ2) is 17.9. The molecule has 174 valence electrons. The number of hydrazine groups is 1. The highest BCUT2D eigenvalue weighted by molar-refractivity contribution is 7.80. The Bertz CT molecular complexity index is 539. The standard InChI is InChI=1S/C17H34N6O6S/c18-6-3-8-19-7-1-2-9-21-23-12(17(28)29)4-5-14(24)22-13(11-30)16(27)20-10-15(25)26/h12-13,19,21,23,30H,1-11,18H2,(H,20,27)(H,22,24)(H,25,26)(H,28,29). The molecule has 30 heavy (non-hydrogen) atoms. The summed E-state index contributed by atoms with van der Waals surface area (Å²) in [6.45, 7) is 2.39. The molecule has 13 heteroatoms. The molecule has 9 N–H and O–H groups in total. The Balaban J connectivity index is 4.12. The minimum absolute atomic E-state index is 0.00481. The predicted octanol–water partition coefficient (Wildman–Crippen LogP) is -2.35. The highest BCUT2D eigenvalue weighted by atomic mass is 32.1. The number of aliphatic carboxylic acids is 2. The molecule has 2 amide bonds. The molecule has 0 saturated carbocycles. The van der Waals surface area contributed by atoms with Crippen molar-refractivity contribution in [2.45, 2.75) is 44.2 Å². The molecule has 0 aromatic heterocycles. The van der Waals surface area contributed by atoms with Crippen LogP contribution in [0.15, 0.2) is 0 Å². The van der Waals surface area contributed by atoms with Gasteiger partial charge in [0.15, 0.2) is 0 Å². The summed E-state index contributed by atoms with van der Waals surface area (Å²) in [4.78, 5) is 45.6. The Morgan fingerprint density at radius 2 is 1.63 bits per heavy atom. The van der Waals surface area contributed by atoms with Crippen LogP contribution >= 0.6 is 12.6 Å². The second-order valence-corrected chi connectivity index (χ2v) is 6.88. The maximum atomic E-state index is 12.0. The maximum Gasteiger partial charge on any atom is 0.322 e. The molecule has 2 unspecified atom stereocenters. The molecule has 0 fully saturated rings. The molecule has 0 aromatic rings. The molecule has 2 atom stereocenters. The van der Waals surface area contributed by atoms with Crippen molar-refractivity contribution in [2.24, 2.45) is 5.73 Å². The molecule has 0 aliphatic carbocycles. The molecule has 0 spiro atoms. The van der Waals surface area contributed by atoms with Gasteiger partial charge >= 0.3 is 11.9 Å². The summed E-state index contributed by atoms with van der Waals surface area (Å²) >= 11 is 3.96. The quantitative estimate of drug-likeness (QED) is 0.0584. The van der Waals surface area contributed by atoms with E-state index in [2.05, 4.69) is 39.4 Å². The molecule has 12 nitrogen and oxygen atoms in total. The summed E-state index contributed by atoms with van der Waals surface area (Å²) in [5.41, 5.74) is 10.9. The largest absolute Gasteiger partial charge is 0.480 e. The zero-order valence-corrected chi connectivity index (χ0v) is 17.9. The van der Waals surface area contributed by atoms with Crippen LogP contribution in [0.5, 0.6) is 0 Å². The molecule has 0 rings (SSSR count). The van der Waals surface area contributed by atoms with Crippen molar-refractivity contribution >= 4 is 36.4 Å². The number of carboxylic acids is 2. The summed E-state index contributed by atoms with van der Waals surface area (Å²) in [6.07, 6.45) is 2.56. The molecule has 0 heterocycles. The fourth-order valence-corrected chi connectivity index (χ4v) is 2.55. The first-order valence-corrected chi connectivity index (χ1v) is 10.5. The van der Waals surface area contributed by atoms with Crippen molar-refractivity contribution in [3.05, 3.63) is 0 Å². The molecule has 0 aliphatic heterocycles. The third-order valence-corrected chi connectivity index (χ3v) is 4.31. The van der Waals surface area contributed by atoms with Crippen molar-refractivity contribution in [1.29, 1.82) is 0 Å². The Morgan fingerprint density at radius 3 is 2.23 bits per heavy atom. The highest BCUT2D eigenvalue weighted by Crippen LogP contribution is 1.99. The lowest BCUT2D eigenvalue weighted by atomic mass is 10.1. The molecular formula is C17H34N6O6S. The maximum absolute atomic E-state index is 12.0. The summed E-state index contributed by atoms with van der Waals surface area (Å²) in [6, 6.07) is -1.98. The topological polar surface area (TPSA) is 195 Å². The normalized spacial score (nSPS) is 12.7. The smallest absolute Gasteiger partial charge is 0.322 e. The second-order valence-electron chi connectivity index (χ2n) is 6.51. The number of carbonyl (C=O) groups excluding carboxylic acids is 2. The van der Waals surface area contributed by atoms with Crippen molar-refractivity contribution in [1.82, 2.24) is 26.8 Å². The number of nitrogens with one attached hydrogen (secondary N) is 5. The van der Waals surface area contributed by atoms with E-state index in [1.54, 1.807) is 0 Å².